The average Bonchev–Trinajstić information content (AvgIpc) is 2.34. The second kappa shape index (κ2) is 5.33. The predicted molar refractivity (Wildman–Crippen MR) is 71.6 cm³/mol. The van der Waals surface area contributed by atoms with Gasteiger partial charge in [-0.25, -0.2) is 9.18 Å². The molecule has 2 rings (SSSR count). The number of aromatic carboxylic acids is 1. The van der Waals surface area contributed by atoms with Crippen molar-refractivity contribution in [1.82, 2.24) is 4.98 Å². The molecule has 1 aromatic heterocycles. The first kappa shape index (κ1) is 14.1. The number of pyridine rings is 1. The topological polar surface area (TPSA) is 50.2 Å². The lowest BCUT2D eigenvalue weighted by Gasteiger charge is -2.07. The van der Waals surface area contributed by atoms with Crippen molar-refractivity contribution in [3.05, 3.63) is 50.8 Å². The molecule has 0 atom stereocenters. The van der Waals surface area contributed by atoms with Crippen molar-refractivity contribution in [2.45, 2.75) is 0 Å². The lowest BCUT2D eigenvalue weighted by Crippen LogP contribution is -2.00. The number of benzene rings is 1. The summed E-state index contributed by atoms with van der Waals surface area (Å²) in [6, 6.07) is 3.61. The highest BCUT2D eigenvalue weighted by atomic mass is 35.5. The zero-order chi connectivity index (χ0) is 14.2. The lowest BCUT2D eigenvalue weighted by atomic mass is 10.1. The Balaban J connectivity index is 2.59. The third-order valence-electron chi connectivity index (χ3n) is 2.35. The lowest BCUT2D eigenvalue weighted by molar-refractivity contribution is 0.0696. The molecule has 0 saturated heterocycles. The van der Waals surface area contributed by atoms with Gasteiger partial charge < -0.3 is 5.11 Å². The van der Waals surface area contributed by atoms with Gasteiger partial charge in [-0.3, -0.25) is 4.98 Å². The molecule has 0 aliphatic rings. The third-order valence-corrected chi connectivity index (χ3v) is 3.39. The normalized spacial score (nSPS) is 10.5. The van der Waals surface area contributed by atoms with Gasteiger partial charge in [-0.2, -0.15) is 0 Å². The van der Waals surface area contributed by atoms with Crippen molar-refractivity contribution < 1.29 is 14.3 Å². The van der Waals surface area contributed by atoms with E-state index in [0.717, 1.165) is 12.3 Å². The van der Waals surface area contributed by atoms with Crippen molar-refractivity contribution >= 4 is 40.8 Å². The van der Waals surface area contributed by atoms with Gasteiger partial charge in [-0.05, 0) is 18.2 Å². The summed E-state index contributed by atoms with van der Waals surface area (Å²) >= 11 is 17.6. The summed E-state index contributed by atoms with van der Waals surface area (Å²) in [5.41, 5.74) is -0.100. The van der Waals surface area contributed by atoms with Crippen LogP contribution in [0, 0.1) is 5.82 Å². The zero-order valence-electron chi connectivity index (χ0n) is 9.12. The summed E-state index contributed by atoms with van der Waals surface area (Å²) in [7, 11) is 0. The zero-order valence-corrected chi connectivity index (χ0v) is 11.4. The summed E-state index contributed by atoms with van der Waals surface area (Å²) in [4.78, 5) is 14.5. The van der Waals surface area contributed by atoms with Crippen LogP contribution in [-0.4, -0.2) is 16.1 Å². The molecule has 0 aliphatic heterocycles. The van der Waals surface area contributed by atoms with Crippen molar-refractivity contribution in [1.29, 1.82) is 0 Å². The van der Waals surface area contributed by atoms with Crippen molar-refractivity contribution in [2.24, 2.45) is 0 Å². The number of hydrogen-bond acceptors (Lipinski definition) is 2. The van der Waals surface area contributed by atoms with Crippen LogP contribution in [0.4, 0.5) is 4.39 Å². The highest BCUT2D eigenvalue weighted by Gasteiger charge is 2.15. The smallest absolute Gasteiger partial charge is 0.337 e. The molecule has 0 fully saturated rings. The van der Waals surface area contributed by atoms with E-state index in [4.69, 9.17) is 39.9 Å². The predicted octanol–water partition coefficient (Wildman–Crippen LogP) is 4.55. The summed E-state index contributed by atoms with van der Waals surface area (Å²) in [5.74, 6) is -2.07. The Morgan fingerprint density at radius 3 is 2.32 bits per heavy atom. The average molecular weight is 321 g/mol. The molecule has 1 aromatic carbocycles. The van der Waals surface area contributed by atoms with Gasteiger partial charge in [0.15, 0.2) is 0 Å². The summed E-state index contributed by atoms with van der Waals surface area (Å²) < 4.78 is 13.8. The Kier molecular flexibility index (Phi) is 3.94. The van der Waals surface area contributed by atoms with Gasteiger partial charge in [0.2, 0.25) is 0 Å². The van der Waals surface area contributed by atoms with E-state index in [0.29, 0.717) is 0 Å². The van der Waals surface area contributed by atoms with E-state index in [1.165, 1.54) is 12.1 Å². The molecule has 0 unspecified atom stereocenters. The number of carboxylic acid groups (broad SMARTS) is 1. The first-order valence-corrected chi connectivity index (χ1v) is 6.07. The second-order valence-electron chi connectivity index (χ2n) is 3.61. The van der Waals surface area contributed by atoms with Crippen LogP contribution in [-0.2, 0) is 0 Å². The van der Waals surface area contributed by atoms with E-state index in [9.17, 15) is 9.18 Å². The van der Waals surface area contributed by atoms with Crippen molar-refractivity contribution in [3.8, 4) is 11.3 Å². The molecule has 98 valence electrons. The molecule has 1 N–H and O–H groups in total. The minimum atomic E-state index is -1.27. The molecular formula is C12H5Cl3FNO2. The van der Waals surface area contributed by atoms with Crippen LogP contribution >= 0.6 is 34.8 Å². The Morgan fingerprint density at radius 1 is 1.11 bits per heavy atom. The Morgan fingerprint density at radius 2 is 1.74 bits per heavy atom. The minimum absolute atomic E-state index is 0.0893. The Bertz CT molecular complexity index is 676. The van der Waals surface area contributed by atoms with E-state index >= 15 is 0 Å². The van der Waals surface area contributed by atoms with Crippen LogP contribution in [0.3, 0.4) is 0 Å². The molecule has 7 heteroatoms. The number of hydrogen-bond donors (Lipinski definition) is 1. The van der Waals surface area contributed by atoms with E-state index in [1.54, 1.807) is 0 Å². The first-order valence-electron chi connectivity index (χ1n) is 4.94. The van der Waals surface area contributed by atoms with Crippen LogP contribution in [0.25, 0.3) is 11.3 Å². The van der Waals surface area contributed by atoms with Crippen LogP contribution < -0.4 is 0 Å². The summed E-state index contributed by atoms with van der Waals surface area (Å²) in [5, 5.41) is 9.34. The number of nitrogens with zero attached hydrogens (tertiary/aromatic N) is 1. The number of carboxylic acids is 1. The van der Waals surface area contributed by atoms with Gasteiger partial charge in [0.1, 0.15) is 11.5 Å². The molecule has 0 spiro atoms. The molecule has 0 aliphatic carbocycles. The monoisotopic (exact) mass is 319 g/mol. The molecule has 0 amide bonds. The number of aromatic nitrogens is 1. The summed E-state index contributed by atoms with van der Waals surface area (Å²) in [6.45, 7) is 0. The molecule has 3 nitrogen and oxygen atoms in total. The van der Waals surface area contributed by atoms with Gasteiger partial charge in [0.25, 0.3) is 0 Å². The standard InChI is InChI=1S/C12H5Cl3FNO2/c13-7-3-9(15)8(14)2-6(7)11-10(16)1-5(4-17-11)12(18)19/h1-4H,(H,18,19). The second-order valence-corrected chi connectivity index (χ2v) is 4.83. The highest BCUT2D eigenvalue weighted by molar-refractivity contribution is 6.44. The fraction of sp³-hybridized carbons (Fsp3) is 0. The number of halogens is 4. The SMILES string of the molecule is O=C(O)c1cnc(-c2cc(Cl)c(Cl)cc2Cl)c(F)c1. The van der Waals surface area contributed by atoms with Crippen LogP contribution in [0.5, 0.6) is 0 Å². The molecule has 0 radical (unpaired) electrons. The van der Waals surface area contributed by atoms with E-state index in [1.807, 2.05) is 0 Å². The highest BCUT2D eigenvalue weighted by Crippen LogP contribution is 2.35. The molecule has 2 aromatic rings. The molecule has 0 saturated carbocycles. The first-order chi connectivity index (χ1) is 8.90. The van der Waals surface area contributed by atoms with E-state index in [-0.39, 0.29) is 31.9 Å². The Hall–Kier alpha value is -1.36. The molecule has 0 bridgehead atoms. The summed E-state index contributed by atoms with van der Waals surface area (Å²) in [6.07, 6.45) is 1.04. The minimum Gasteiger partial charge on any atom is -0.478 e. The maximum absolute atomic E-state index is 13.8. The third kappa shape index (κ3) is 2.81. The van der Waals surface area contributed by atoms with Crippen molar-refractivity contribution in [3.63, 3.8) is 0 Å². The van der Waals surface area contributed by atoms with Crippen molar-refractivity contribution in [2.75, 3.05) is 0 Å². The maximum Gasteiger partial charge on any atom is 0.337 e. The molecular weight excluding hydrogens is 315 g/mol. The molecule has 19 heavy (non-hydrogen) atoms. The largest absolute Gasteiger partial charge is 0.478 e. The fourth-order valence-corrected chi connectivity index (χ4v) is 2.09. The van der Waals surface area contributed by atoms with Gasteiger partial charge in [0, 0.05) is 11.8 Å². The fourth-order valence-electron chi connectivity index (χ4n) is 1.46. The number of rotatable bonds is 2. The van der Waals surface area contributed by atoms with Crippen LogP contribution in [0.2, 0.25) is 15.1 Å². The Labute approximate surface area is 122 Å². The van der Waals surface area contributed by atoms with Gasteiger partial charge >= 0.3 is 5.97 Å². The van der Waals surface area contributed by atoms with E-state index < -0.39 is 11.8 Å². The molecule has 1 heterocycles. The van der Waals surface area contributed by atoms with Gasteiger partial charge in [-0.15, -0.1) is 0 Å². The van der Waals surface area contributed by atoms with Crippen LogP contribution in [0.1, 0.15) is 10.4 Å². The maximum atomic E-state index is 13.8. The van der Waals surface area contributed by atoms with Crippen LogP contribution in [0.15, 0.2) is 24.4 Å². The number of carbonyl (C=O) groups is 1. The van der Waals surface area contributed by atoms with Gasteiger partial charge in [-0.1, -0.05) is 34.8 Å². The quantitative estimate of drug-likeness (QED) is 0.826. The van der Waals surface area contributed by atoms with E-state index in [2.05, 4.69) is 4.98 Å². The van der Waals surface area contributed by atoms with Gasteiger partial charge in [0.05, 0.1) is 20.6 Å².